The van der Waals surface area contributed by atoms with Gasteiger partial charge in [0.05, 0.1) is 22.1 Å². The summed E-state index contributed by atoms with van der Waals surface area (Å²) in [5, 5.41) is 4.86. The average Bonchev–Trinajstić information content (AvgIpc) is 3.51. The molecule has 1 aliphatic rings. The molecular weight excluding hydrogens is 797 g/mol. The molecule has 0 saturated carbocycles. The number of aryl methyl sites for hydroxylation is 2. The Kier molecular flexibility index (Phi) is 7.40. The van der Waals surface area contributed by atoms with Crippen LogP contribution in [-0.2, 0) is 25.5 Å². The van der Waals surface area contributed by atoms with Gasteiger partial charge in [0.2, 0.25) is 0 Å². The second-order valence-corrected chi connectivity index (χ2v) is 13.6. The molecule has 0 N–H and O–H groups in total. The number of para-hydroxylation sites is 2. The minimum atomic E-state index is -0.558. The Balaban J connectivity index is 0.00000348. The van der Waals surface area contributed by atoms with E-state index in [1.54, 1.807) is 0 Å². The fourth-order valence-corrected chi connectivity index (χ4v) is 8.44. The van der Waals surface area contributed by atoms with Crippen LogP contribution in [0.1, 0.15) is 33.4 Å². The summed E-state index contributed by atoms with van der Waals surface area (Å²) in [4.78, 5) is 4.83. The molecule has 10 rings (SSSR count). The van der Waals surface area contributed by atoms with Crippen molar-refractivity contribution in [1.29, 1.82) is 0 Å². The number of benzene rings is 7. The summed E-state index contributed by atoms with van der Waals surface area (Å²) in [6.45, 7) is 4.34. The van der Waals surface area contributed by atoms with Gasteiger partial charge in [0.1, 0.15) is 0 Å². The molecule has 0 fully saturated rings. The molecule has 0 unspecified atom stereocenters. The standard InChI is InChI=1S/C48H33N2.Ir/c1-31-17-22-37(23-18-31)48(38-24-19-32(2)20-25-38)42-15-8-14-41-40-13-5-6-16-44(40)50(47(41)42)45-26-21-35(30-43(45)48)34-10-7-11-36(29-34)46-39-12-4-3-9-33(39)27-28-49-46;/h3-10,12-30H,1-2H3;/q-1;. The molecule has 245 valence electrons. The summed E-state index contributed by atoms with van der Waals surface area (Å²) in [5.74, 6) is 0. The predicted octanol–water partition coefficient (Wildman–Crippen LogP) is 11.8. The van der Waals surface area contributed by atoms with Crippen LogP contribution in [0.2, 0.25) is 0 Å². The molecule has 3 heteroatoms. The van der Waals surface area contributed by atoms with Gasteiger partial charge in [-0.1, -0.05) is 126 Å². The van der Waals surface area contributed by atoms with Crippen LogP contribution in [0.25, 0.3) is 60.6 Å². The van der Waals surface area contributed by atoms with E-state index in [9.17, 15) is 0 Å². The third kappa shape index (κ3) is 4.62. The van der Waals surface area contributed by atoms with E-state index in [1.165, 1.54) is 66.3 Å². The zero-order valence-corrected chi connectivity index (χ0v) is 30.7. The number of hydrogen-bond acceptors (Lipinski definition) is 1. The minimum Gasteiger partial charge on any atom is -0.309 e. The zero-order valence-electron chi connectivity index (χ0n) is 28.3. The maximum absolute atomic E-state index is 4.83. The van der Waals surface area contributed by atoms with Crippen LogP contribution in [0.5, 0.6) is 0 Å². The molecule has 0 atom stereocenters. The molecule has 0 amide bonds. The van der Waals surface area contributed by atoms with Crippen LogP contribution >= 0.6 is 0 Å². The molecule has 1 aliphatic heterocycles. The molecule has 51 heavy (non-hydrogen) atoms. The third-order valence-electron chi connectivity index (χ3n) is 10.8. The minimum absolute atomic E-state index is 0. The monoisotopic (exact) mass is 830 g/mol. The van der Waals surface area contributed by atoms with Crippen molar-refractivity contribution in [3.63, 3.8) is 0 Å². The molecule has 0 bridgehead atoms. The van der Waals surface area contributed by atoms with Crippen molar-refractivity contribution in [3.8, 4) is 28.1 Å². The van der Waals surface area contributed by atoms with E-state index >= 15 is 0 Å². The molecule has 2 nitrogen and oxygen atoms in total. The predicted molar refractivity (Wildman–Crippen MR) is 207 cm³/mol. The average molecular weight is 830 g/mol. The molecule has 3 heterocycles. The van der Waals surface area contributed by atoms with Gasteiger partial charge in [-0.25, -0.2) is 0 Å². The summed E-state index contributed by atoms with van der Waals surface area (Å²) in [5.41, 5.74) is 15.0. The topological polar surface area (TPSA) is 17.8 Å². The summed E-state index contributed by atoms with van der Waals surface area (Å²) < 4.78 is 2.50. The third-order valence-corrected chi connectivity index (χ3v) is 10.8. The van der Waals surface area contributed by atoms with E-state index < -0.39 is 5.41 Å². The van der Waals surface area contributed by atoms with E-state index in [0.717, 1.165) is 27.8 Å². The number of aromatic nitrogens is 2. The van der Waals surface area contributed by atoms with Crippen LogP contribution in [0.15, 0.2) is 164 Å². The van der Waals surface area contributed by atoms with E-state index in [4.69, 9.17) is 4.98 Å². The summed E-state index contributed by atoms with van der Waals surface area (Å²) in [7, 11) is 0. The quantitative estimate of drug-likeness (QED) is 0.162. The number of rotatable bonds is 4. The molecule has 0 aliphatic carbocycles. The van der Waals surface area contributed by atoms with Crippen LogP contribution < -0.4 is 0 Å². The Morgan fingerprint density at radius 1 is 0.569 bits per heavy atom. The van der Waals surface area contributed by atoms with Crippen LogP contribution in [-0.4, -0.2) is 9.55 Å². The summed E-state index contributed by atoms with van der Waals surface area (Å²) >= 11 is 0. The van der Waals surface area contributed by atoms with Crippen molar-refractivity contribution in [2.75, 3.05) is 0 Å². The van der Waals surface area contributed by atoms with E-state index in [0.29, 0.717) is 0 Å². The van der Waals surface area contributed by atoms with Gasteiger partial charge in [0.15, 0.2) is 0 Å². The number of hydrogen-bond donors (Lipinski definition) is 0. The van der Waals surface area contributed by atoms with Crippen LogP contribution in [0.3, 0.4) is 0 Å². The van der Waals surface area contributed by atoms with Gasteiger partial charge in [-0.05, 0) is 82.4 Å². The van der Waals surface area contributed by atoms with Gasteiger partial charge in [0.25, 0.3) is 0 Å². The Hall–Kier alpha value is -5.60. The molecule has 2 aromatic heterocycles. The zero-order chi connectivity index (χ0) is 33.4. The van der Waals surface area contributed by atoms with Gasteiger partial charge in [-0.15, -0.1) is 35.4 Å². The number of nitrogens with zero attached hydrogens (tertiary/aromatic N) is 2. The maximum atomic E-state index is 4.83. The first-order valence-electron chi connectivity index (χ1n) is 17.3. The molecule has 9 aromatic rings. The SMILES string of the molecule is Cc1ccc(C2(c3ccc(C)cc3)c3cc(-c4cc[c-]c(-c5nccc6ccccc56)c4)ccc3-n3c4ccccc4c4cccc2c43)cc1.[Ir]. The first kappa shape index (κ1) is 31.4. The smallest absolute Gasteiger partial charge is 0.0742 e. The van der Waals surface area contributed by atoms with Gasteiger partial charge < -0.3 is 9.55 Å². The van der Waals surface area contributed by atoms with Crippen molar-refractivity contribution in [2.45, 2.75) is 19.3 Å². The van der Waals surface area contributed by atoms with Gasteiger partial charge in [-0.2, -0.15) is 0 Å². The molecule has 0 saturated heterocycles. The van der Waals surface area contributed by atoms with Crippen molar-refractivity contribution < 1.29 is 20.1 Å². The first-order chi connectivity index (χ1) is 24.6. The molecule has 7 aromatic carbocycles. The Bertz CT molecular complexity index is 2720. The summed E-state index contributed by atoms with van der Waals surface area (Å²) in [6.07, 6.45) is 1.90. The summed E-state index contributed by atoms with van der Waals surface area (Å²) in [6, 6.07) is 61.7. The second kappa shape index (κ2) is 12.0. The van der Waals surface area contributed by atoms with Gasteiger partial charge >= 0.3 is 0 Å². The second-order valence-electron chi connectivity index (χ2n) is 13.6. The van der Waals surface area contributed by atoms with Gasteiger partial charge in [-0.3, -0.25) is 0 Å². The van der Waals surface area contributed by atoms with Crippen molar-refractivity contribution in [1.82, 2.24) is 9.55 Å². The van der Waals surface area contributed by atoms with E-state index in [-0.39, 0.29) is 20.1 Å². The largest absolute Gasteiger partial charge is 0.309 e. The number of fused-ring (bicyclic) bond motifs is 6. The van der Waals surface area contributed by atoms with Crippen molar-refractivity contribution in [2.24, 2.45) is 0 Å². The molecular formula is C48H33IrN2-. The van der Waals surface area contributed by atoms with Crippen molar-refractivity contribution >= 4 is 32.6 Å². The fourth-order valence-electron chi connectivity index (χ4n) is 8.44. The van der Waals surface area contributed by atoms with Crippen molar-refractivity contribution in [3.05, 3.63) is 203 Å². The first-order valence-corrected chi connectivity index (χ1v) is 17.3. The van der Waals surface area contributed by atoms with Crippen LogP contribution in [0, 0.1) is 19.9 Å². The maximum Gasteiger partial charge on any atom is 0.0742 e. The van der Waals surface area contributed by atoms with E-state index in [2.05, 4.69) is 176 Å². The molecule has 0 spiro atoms. The Labute approximate surface area is 311 Å². The normalized spacial score (nSPS) is 12.9. The van der Waals surface area contributed by atoms with E-state index in [1.807, 2.05) is 12.3 Å². The Morgan fingerprint density at radius 2 is 1.24 bits per heavy atom. The van der Waals surface area contributed by atoms with Crippen LogP contribution in [0.4, 0.5) is 0 Å². The fraction of sp³-hybridized carbons (Fsp3) is 0.0625. The number of pyridine rings is 1. The van der Waals surface area contributed by atoms with Gasteiger partial charge in [0, 0.05) is 37.1 Å². The molecule has 1 radical (unpaired) electrons. The Morgan fingerprint density at radius 3 is 2.00 bits per heavy atom.